The van der Waals surface area contributed by atoms with Crippen LogP contribution in [0.1, 0.15) is 12.5 Å². The molecule has 2 rings (SSSR count). The molecule has 5 nitrogen and oxygen atoms in total. The van der Waals surface area contributed by atoms with Crippen LogP contribution in [0.15, 0.2) is 23.2 Å². The maximum Gasteiger partial charge on any atom is 0.192 e. The number of halogens is 1. The predicted molar refractivity (Wildman–Crippen MR) is 75.4 cm³/mol. The van der Waals surface area contributed by atoms with Gasteiger partial charge in [0.1, 0.15) is 0 Å². The fourth-order valence-corrected chi connectivity index (χ4v) is 2.45. The third kappa shape index (κ3) is 2.43. The van der Waals surface area contributed by atoms with Crippen LogP contribution in [0.25, 0.3) is 0 Å². The molecular formula is C14H20FN3O2. The van der Waals surface area contributed by atoms with Crippen molar-refractivity contribution in [1.82, 2.24) is 4.90 Å². The summed E-state index contributed by atoms with van der Waals surface area (Å²) in [5.41, 5.74) is 6.28. The summed E-state index contributed by atoms with van der Waals surface area (Å²) >= 11 is 0. The number of nitrogens with two attached hydrogens (primary N) is 1. The molecule has 0 aromatic heterocycles. The number of hydrogen-bond acceptors (Lipinski definition) is 5. The van der Waals surface area contributed by atoms with Crippen LogP contribution >= 0.6 is 0 Å². The molecule has 0 aliphatic carbocycles. The van der Waals surface area contributed by atoms with Gasteiger partial charge in [-0.15, -0.1) is 0 Å². The largest absolute Gasteiger partial charge is 0.494 e. The molecule has 0 saturated heterocycles. The highest BCUT2D eigenvalue weighted by atomic mass is 19.1. The zero-order valence-corrected chi connectivity index (χ0v) is 12.0. The summed E-state index contributed by atoms with van der Waals surface area (Å²) in [5.74, 6) is 0.303. The normalized spacial score (nSPS) is 22.0. The van der Waals surface area contributed by atoms with Gasteiger partial charge in [-0.1, -0.05) is 6.07 Å². The number of aliphatic imine (C=N–C) groups is 1. The molecule has 1 unspecified atom stereocenters. The first kappa shape index (κ1) is 14.6. The average molecular weight is 281 g/mol. The molecule has 1 aliphatic rings. The molecule has 0 radical (unpaired) electrons. The molecule has 0 fully saturated rings. The standard InChI is InChI=1S/C14H20FN3O2/c1-14(9-17-13(16)18(14)6-7-19-2)10-4-5-12(20-3)11(15)8-10/h4-5,8H,6-7,9H2,1-3H3,(H2,16,17). The topological polar surface area (TPSA) is 60.1 Å². The highest BCUT2D eigenvalue weighted by Crippen LogP contribution is 2.34. The van der Waals surface area contributed by atoms with Gasteiger partial charge in [0.25, 0.3) is 0 Å². The second-order valence-electron chi connectivity index (χ2n) is 4.94. The highest BCUT2D eigenvalue weighted by Gasteiger charge is 2.39. The van der Waals surface area contributed by atoms with Gasteiger partial charge >= 0.3 is 0 Å². The van der Waals surface area contributed by atoms with Crippen molar-refractivity contribution in [2.24, 2.45) is 10.7 Å². The van der Waals surface area contributed by atoms with Gasteiger partial charge in [0.2, 0.25) is 0 Å². The van der Waals surface area contributed by atoms with E-state index in [1.807, 2.05) is 17.9 Å². The molecule has 0 bridgehead atoms. The second-order valence-corrected chi connectivity index (χ2v) is 4.94. The molecule has 0 amide bonds. The first-order valence-corrected chi connectivity index (χ1v) is 6.43. The number of ether oxygens (including phenoxy) is 2. The van der Waals surface area contributed by atoms with Crippen LogP contribution in [-0.2, 0) is 10.3 Å². The molecule has 1 heterocycles. The lowest BCUT2D eigenvalue weighted by atomic mass is 9.91. The first-order chi connectivity index (χ1) is 9.52. The van der Waals surface area contributed by atoms with Crippen molar-refractivity contribution in [3.63, 3.8) is 0 Å². The third-order valence-electron chi connectivity index (χ3n) is 3.71. The van der Waals surface area contributed by atoms with Gasteiger partial charge in [-0.3, -0.25) is 4.99 Å². The fourth-order valence-electron chi connectivity index (χ4n) is 2.45. The van der Waals surface area contributed by atoms with Crippen molar-refractivity contribution in [2.45, 2.75) is 12.5 Å². The maximum absolute atomic E-state index is 13.9. The van der Waals surface area contributed by atoms with E-state index in [1.54, 1.807) is 13.2 Å². The van der Waals surface area contributed by atoms with Crippen molar-refractivity contribution < 1.29 is 13.9 Å². The van der Waals surface area contributed by atoms with Gasteiger partial charge in [-0.2, -0.15) is 0 Å². The second kappa shape index (κ2) is 5.66. The Bertz CT molecular complexity index is 521. The Labute approximate surface area is 118 Å². The predicted octanol–water partition coefficient (Wildman–Crippen LogP) is 1.33. The van der Waals surface area contributed by atoms with E-state index in [-0.39, 0.29) is 11.6 Å². The van der Waals surface area contributed by atoms with Crippen LogP contribution in [0.4, 0.5) is 4.39 Å². The van der Waals surface area contributed by atoms with E-state index in [0.29, 0.717) is 25.7 Å². The molecule has 1 aromatic rings. The Balaban J connectivity index is 2.31. The zero-order valence-electron chi connectivity index (χ0n) is 12.0. The Hall–Kier alpha value is -1.82. The van der Waals surface area contributed by atoms with Gasteiger partial charge in [0, 0.05) is 13.7 Å². The minimum absolute atomic E-state index is 0.229. The Morgan fingerprint density at radius 2 is 2.20 bits per heavy atom. The first-order valence-electron chi connectivity index (χ1n) is 6.43. The van der Waals surface area contributed by atoms with E-state index >= 15 is 0 Å². The van der Waals surface area contributed by atoms with E-state index in [4.69, 9.17) is 15.2 Å². The lowest BCUT2D eigenvalue weighted by Crippen LogP contribution is -2.48. The van der Waals surface area contributed by atoms with Gasteiger partial charge in [-0.25, -0.2) is 4.39 Å². The van der Waals surface area contributed by atoms with Crippen LogP contribution in [0, 0.1) is 5.82 Å². The third-order valence-corrected chi connectivity index (χ3v) is 3.71. The molecule has 6 heteroatoms. The molecule has 1 aromatic carbocycles. The Kier molecular flexibility index (Phi) is 4.13. The number of guanidine groups is 1. The summed E-state index contributed by atoms with van der Waals surface area (Å²) in [5, 5.41) is 0. The lowest BCUT2D eigenvalue weighted by Gasteiger charge is -2.36. The molecular weight excluding hydrogens is 261 g/mol. The minimum Gasteiger partial charge on any atom is -0.494 e. The van der Waals surface area contributed by atoms with Crippen molar-refractivity contribution in [3.8, 4) is 5.75 Å². The highest BCUT2D eigenvalue weighted by molar-refractivity contribution is 5.81. The monoisotopic (exact) mass is 281 g/mol. The van der Waals surface area contributed by atoms with Crippen LogP contribution in [0.2, 0.25) is 0 Å². The zero-order chi connectivity index (χ0) is 14.8. The quantitative estimate of drug-likeness (QED) is 0.884. The minimum atomic E-state index is -0.463. The van der Waals surface area contributed by atoms with Crippen molar-refractivity contribution in [1.29, 1.82) is 0 Å². The van der Waals surface area contributed by atoms with E-state index in [2.05, 4.69) is 4.99 Å². The number of rotatable bonds is 5. The summed E-state index contributed by atoms with van der Waals surface area (Å²) in [6.45, 7) is 3.63. The van der Waals surface area contributed by atoms with Gasteiger partial charge in [0.15, 0.2) is 17.5 Å². The molecule has 110 valence electrons. The number of hydrogen-bond donors (Lipinski definition) is 1. The summed E-state index contributed by atoms with van der Waals surface area (Å²) < 4.78 is 24.0. The Morgan fingerprint density at radius 1 is 1.45 bits per heavy atom. The number of benzene rings is 1. The van der Waals surface area contributed by atoms with Crippen LogP contribution in [0.3, 0.4) is 0 Å². The van der Waals surface area contributed by atoms with E-state index in [1.165, 1.54) is 13.2 Å². The number of nitrogens with zero attached hydrogens (tertiary/aromatic N) is 2. The van der Waals surface area contributed by atoms with Gasteiger partial charge in [0.05, 0.1) is 25.8 Å². The fraction of sp³-hybridized carbons (Fsp3) is 0.500. The van der Waals surface area contributed by atoms with E-state index in [9.17, 15) is 4.39 Å². The summed E-state index contributed by atoms with van der Waals surface area (Å²) in [7, 11) is 3.08. The average Bonchev–Trinajstić information content (AvgIpc) is 2.73. The summed E-state index contributed by atoms with van der Waals surface area (Å²) in [4.78, 5) is 6.23. The van der Waals surface area contributed by atoms with Crippen LogP contribution in [-0.4, -0.2) is 44.8 Å². The van der Waals surface area contributed by atoms with Gasteiger partial charge < -0.3 is 20.1 Å². The molecule has 0 spiro atoms. The molecule has 0 saturated carbocycles. The summed E-state index contributed by atoms with van der Waals surface area (Å²) in [6.07, 6.45) is 0. The summed E-state index contributed by atoms with van der Waals surface area (Å²) in [6, 6.07) is 4.95. The smallest absolute Gasteiger partial charge is 0.192 e. The van der Waals surface area contributed by atoms with E-state index < -0.39 is 5.54 Å². The van der Waals surface area contributed by atoms with Gasteiger partial charge in [-0.05, 0) is 24.6 Å². The maximum atomic E-state index is 13.9. The van der Waals surface area contributed by atoms with Crippen molar-refractivity contribution in [3.05, 3.63) is 29.6 Å². The van der Waals surface area contributed by atoms with Crippen LogP contribution < -0.4 is 10.5 Å². The lowest BCUT2D eigenvalue weighted by molar-refractivity contribution is 0.137. The molecule has 1 atom stereocenters. The molecule has 2 N–H and O–H groups in total. The van der Waals surface area contributed by atoms with Crippen LogP contribution in [0.5, 0.6) is 5.75 Å². The van der Waals surface area contributed by atoms with E-state index in [0.717, 1.165) is 5.56 Å². The number of methoxy groups -OCH3 is 2. The molecule has 20 heavy (non-hydrogen) atoms. The van der Waals surface area contributed by atoms with Crippen molar-refractivity contribution in [2.75, 3.05) is 33.9 Å². The SMILES string of the molecule is COCCN1C(N)=NCC1(C)c1ccc(OC)c(F)c1. The van der Waals surface area contributed by atoms with Crippen molar-refractivity contribution >= 4 is 5.96 Å². The Morgan fingerprint density at radius 3 is 2.80 bits per heavy atom. The molecule has 1 aliphatic heterocycles.